The van der Waals surface area contributed by atoms with Crippen molar-refractivity contribution < 1.29 is 17.9 Å². The monoisotopic (exact) mass is 314 g/mol. The second-order valence-corrected chi connectivity index (χ2v) is 6.21. The van der Waals surface area contributed by atoms with Crippen molar-refractivity contribution >= 4 is 10.0 Å². The van der Waals surface area contributed by atoms with Gasteiger partial charge in [-0.15, -0.1) is 0 Å². The second-order valence-electron chi connectivity index (χ2n) is 4.28. The molecule has 0 saturated heterocycles. The minimum absolute atomic E-state index is 0.0213. The first kappa shape index (κ1) is 17.6. The number of aliphatic hydroxyl groups is 1. The maximum absolute atomic E-state index is 13.9. The Bertz CT molecular complexity index is 629. The van der Waals surface area contributed by atoms with Crippen molar-refractivity contribution in [1.29, 1.82) is 0 Å². The van der Waals surface area contributed by atoms with Gasteiger partial charge in [-0.2, -0.15) is 4.31 Å². The molecule has 0 radical (unpaired) electrons. The number of nitrogens with zero attached hydrogens (tertiary/aromatic N) is 1. The summed E-state index contributed by atoms with van der Waals surface area (Å²) in [6.45, 7) is 1.87. The first-order valence-corrected chi connectivity index (χ1v) is 8.00. The highest BCUT2D eigenvalue weighted by atomic mass is 32.2. The molecule has 0 aliphatic rings. The predicted molar refractivity (Wildman–Crippen MR) is 78.5 cm³/mol. The Morgan fingerprint density at radius 3 is 2.62 bits per heavy atom. The molecule has 5 nitrogen and oxygen atoms in total. The summed E-state index contributed by atoms with van der Waals surface area (Å²) in [7, 11) is -3.82. The Hall–Kier alpha value is -1.46. The Morgan fingerprint density at radius 2 is 2.10 bits per heavy atom. The standard InChI is InChI=1S/C14H19FN2O3S/c1-2-8-17(9-10-18)21(19,20)13-6-5-12(4-3-7-16)14(15)11-13/h5-6,11,18H,2,7-10,16H2,1H3. The molecule has 0 heterocycles. The van der Waals surface area contributed by atoms with Crippen molar-refractivity contribution in [3.05, 3.63) is 29.6 Å². The van der Waals surface area contributed by atoms with Gasteiger partial charge in [-0.3, -0.25) is 0 Å². The fourth-order valence-electron chi connectivity index (χ4n) is 1.77. The Kier molecular flexibility index (Phi) is 6.78. The highest BCUT2D eigenvalue weighted by Gasteiger charge is 2.24. The third-order valence-corrected chi connectivity index (χ3v) is 4.62. The second kappa shape index (κ2) is 8.10. The summed E-state index contributed by atoms with van der Waals surface area (Å²) in [6, 6.07) is 3.56. The van der Waals surface area contributed by atoms with E-state index in [1.54, 1.807) is 0 Å². The molecule has 0 spiro atoms. The number of aliphatic hydroxyl groups excluding tert-OH is 1. The van der Waals surface area contributed by atoms with Crippen LogP contribution in [0.25, 0.3) is 0 Å². The van der Waals surface area contributed by atoms with E-state index in [1.165, 1.54) is 12.1 Å². The largest absolute Gasteiger partial charge is 0.395 e. The molecule has 0 amide bonds. The lowest BCUT2D eigenvalue weighted by Crippen LogP contribution is -2.34. The predicted octanol–water partition coefficient (Wildman–Crippen LogP) is 0.529. The molecule has 0 bridgehead atoms. The molecule has 0 atom stereocenters. The zero-order chi connectivity index (χ0) is 15.9. The molecular weight excluding hydrogens is 295 g/mol. The number of nitrogens with two attached hydrogens (primary N) is 1. The molecule has 21 heavy (non-hydrogen) atoms. The Morgan fingerprint density at radius 1 is 1.38 bits per heavy atom. The van der Waals surface area contributed by atoms with E-state index in [4.69, 9.17) is 10.8 Å². The molecule has 1 rings (SSSR count). The van der Waals surface area contributed by atoms with Crippen molar-refractivity contribution in [3.8, 4) is 11.8 Å². The molecular formula is C14H19FN2O3S. The van der Waals surface area contributed by atoms with Crippen molar-refractivity contribution in [2.75, 3.05) is 26.2 Å². The summed E-state index contributed by atoms with van der Waals surface area (Å²) >= 11 is 0. The highest BCUT2D eigenvalue weighted by Crippen LogP contribution is 2.19. The van der Waals surface area contributed by atoms with E-state index in [1.807, 2.05) is 6.92 Å². The average molecular weight is 314 g/mol. The maximum Gasteiger partial charge on any atom is 0.243 e. The third-order valence-electron chi connectivity index (χ3n) is 2.73. The van der Waals surface area contributed by atoms with Crippen LogP contribution in [0.4, 0.5) is 4.39 Å². The van der Waals surface area contributed by atoms with Gasteiger partial charge in [0.15, 0.2) is 0 Å². The molecule has 1 aromatic carbocycles. The summed E-state index contributed by atoms with van der Waals surface area (Å²) < 4.78 is 39.8. The van der Waals surface area contributed by atoms with Gasteiger partial charge in [0, 0.05) is 13.1 Å². The van der Waals surface area contributed by atoms with Gasteiger partial charge >= 0.3 is 0 Å². The highest BCUT2D eigenvalue weighted by molar-refractivity contribution is 7.89. The Balaban J connectivity index is 3.16. The number of benzene rings is 1. The Labute approximate surface area is 124 Å². The number of halogens is 1. The molecule has 0 fully saturated rings. The molecule has 116 valence electrons. The lowest BCUT2D eigenvalue weighted by molar-refractivity contribution is 0.253. The van der Waals surface area contributed by atoms with E-state index >= 15 is 0 Å². The van der Waals surface area contributed by atoms with E-state index in [9.17, 15) is 12.8 Å². The zero-order valence-electron chi connectivity index (χ0n) is 11.8. The van der Waals surface area contributed by atoms with Crippen LogP contribution in [0.1, 0.15) is 18.9 Å². The number of hydrogen-bond acceptors (Lipinski definition) is 4. The minimum Gasteiger partial charge on any atom is -0.395 e. The fraction of sp³-hybridized carbons (Fsp3) is 0.429. The summed E-state index contributed by atoms with van der Waals surface area (Å²) in [4.78, 5) is -0.153. The van der Waals surface area contributed by atoms with Crippen molar-refractivity contribution in [2.24, 2.45) is 5.73 Å². The van der Waals surface area contributed by atoms with E-state index in [0.29, 0.717) is 6.42 Å². The van der Waals surface area contributed by atoms with Crippen molar-refractivity contribution in [3.63, 3.8) is 0 Å². The molecule has 0 aliphatic heterocycles. The SMILES string of the molecule is CCCN(CCO)S(=O)(=O)c1ccc(C#CCN)c(F)c1. The molecule has 7 heteroatoms. The molecule has 1 aromatic rings. The van der Waals surface area contributed by atoms with Crippen LogP contribution in [0.3, 0.4) is 0 Å². The number of rotatable bonds is 6. The quantitative estimate of drug-likeness (QED) is 0.750. The van der Waals surface area contributed by atoms with Gasteiger partial charge < -0.3 is 10.8 Å². The summed E-state index contributed by atoms with van der Waals surface area (Å²) in [5.74, 6) is 4.33. The van der Waals surface area contributed by atoms with Gasteiger partial charge in [-0.1, -0.05) is 18.8 Å². The molecule has 0 aliphatic carbocycles. The molecule has 0 saturated carbocycles. The van der Waals surface area contributed by atoms with Crippen LogP contribution >= 0.6 is 0 Å². The first-order chi connectivity index (χ1) is 9.97. The topological polar surface area (TPSA) is 83.6 Å². The van der Waals surface area contributed by atoms with Crippen LogP contribution in [-0.4, -0.2) is 44.1 Å². The van der Waals surface area contributed by atoms with Gasteiger partial charge in [-0.25, -0.2) is 12.8 Å². The van der Waals surface area contributed by atoms with Gasteiger partial charge in [0.25, 0.3) is 0 Å². The smallest absolute Gasteiger partial charge is 0.243 e. The summed E-state index contributed by atoms with van der Waals surface area (Å²) in [5.41, 5.74) is 5.31. The van der Waals surface area contributed by atoms with Crippen molar-refractivity contribution in [2.45, 2.75) is 18.2 Å². The van der Waals surface area contributed by atoms with Crippen LogP contribution in [0.5, 0.6) is 0 Å². The van der Waals surface area contributed by atoms with Gasteiger partial charge in [-0.05, 0) is 24.6 Å². The van der Waals surface area contributed by atoms with Crippen LogP contribution in [0, 0.1) is 17.7 Å². The van der Waals surface area contributed by atoms with Gasteiger partial charge in [0.05, 0.1) is 23.6 Å². The van der Waals surface area contributed by atoms with E-state index < -0.39 is 15.8 Å². The minimum atomic E-state index is -3.82. The lowest BCUT2D eigenvalue weighted by Gasteiger charge is -2.20. The van der Waals surface area contributed by atoms with Crippen LogP contribution in [0.2, 0.25) is 0 Å². The van der Waals surface area contributed by atoms with Crippen LogP contribution in [0.15, 0.2) is 23.1 Å². The van der Waals surface area contributed by atoms with Crippen LogP contribution < -0.4 is 5.73 Å². The first-order valence-electron chi connectivity index (χ1n) is 6.56. The van der Waals surface area contributed by atoms with E-state index in [0.717, 1.165) is 10.4 Å². The average Bonchev–Trinajstić information content (AvgIpc) is 2.45. The lowest BCUT2D eigenvalue weighted by atomic mass is 10.2. The molecule has 0 aromatic heterocycles. The summed E-state index contributed by atoms with van der Waals surface area (Å²) in [5, 5.41) is 8.96. The number of sulfonamides is 1. The zero-order valence-corrected chi connectivity index (χ0v) is 12.7. The fourth-order valence-corrected chi connectivity index (χ4v) is 3.30. The molecule has 0 unspecified atom stereocenters. The van der Waals surface area contributed by atoms with Gasteiger partial charge in [0.2, 0.25) is 10.0 Å². The third kappa shape index (κ3) is 4.51. The van der Waals surface area contributed by atoms with Crippen LogP contribution in [-0.2, 0) is 10.0 Å². The van der Waals surface area contributed by atoms with E-state index in [-0.39, 0.29) is 36.7 Å². The maximum atomic E-state index is 13.9. The number of hydrogen-bond donors (Lipinski definition) is 2. The molecule has 3 N–H and O–H groups in total. The van der Waals surface area contributed by atoms with Gasteiger partial charge in [0.1, 0.15) is 5.82 Å². The normalized spacial score (nSPS) is 11.3. The van der Waals surface area contributed by atoms with E-state index in [2.05, 4.69) is 11.8 Å². The summed E-state index contributed by atoms with van der Waals surface area (Å²) in [6.07, 6.45) is 0.599. The van der Waals surface area contributed by atoms with Crippen molar-refractivity contribution in [1.82, 2.24) is 4.31 Å².